The molecule has 0 unspecified atom stereocenters. The summed E-state index contributed by atoms with van der Waals surface area (Å²) in [5, 5.41) is 6.81. The van der Waals surface area contributed by atoms with Crippen LogP contribution in [0.2, 0.25) is 0 Å². The number of nitrogens with two attached hydrogens (primary N) is 1. The fraction of sp³-hybridized carbons (Fsp3) is 0.364. The molecule has 3 nitrogen and oxygen atoms in total. The van der Waals surface area contributed by atoms with E-state index in [-0.39, 0.29) is 0 Å². The lowest BCUT2D eigenvalue weighted by Gasteiger charge is -2.11. The number of rotatable bonds is 4. The fourth-order valence-electron chi connectivity index (χ4n) is 1.16. The average molecular weight is 223 g/mol. The second-order valence-corrected chi connectivity index (χ2v) is 3.73. The Morgan fingerprint density at radius 1 is 1.40 bits per heavy atom. The Balaban J connectivity index is 2.41. The molecule has 0 saturated heterocycles. The van der Waals surface area contributed by atoms with Gasteiger partial charge in [-0.3, -0.25) is 0 Å². The van der Waals surface area contributed by atoms with Gasteiger partial charge in [-0.15, -0.1) is 0 Å². The van der Waals surface area contributed by atoms with Crippen molar-refractivity contribution in [1.29, 1.82) is 0 Å². The first-order chi connectivity index (χ1) is 7.24. The van der Waals surface area contributed by atoms with Crippen molar-refractivity contribution in [2.75, 3.05) is 17.6 Å². The van der Waals surface area contributed by atoms with Crippen molar-refractivity contribution in [3.63, 3.8) is 0 Å². The Labute approximate surface area is 96.1 Å². The zero-order valence-electron chi connectivity index (χ0n) is 8.92. The highest BCUT2D eigenvalue weighted by molar-refractivity contribution is 7.80. The minimum atomic E-state index is 0.626. The van der Waals surface area contributed by atoms with Crippen molar-refractivity contribution >= 4 is 28.7 Å². The number of hydrogen-bond acceptors (Lipinski definition) is 2. The Morgan fingerprint density at radius 3 is 2.80 bits per heavy atom. The summed E-state index contributed by atoms with van der Waals surface area (Å²) in [6.07, 6.45) is 2.27. The summed E-state index contributed by atoms with van der Waals surface area (Å²) in [6.45, 7) is 3.04. The zero-order valence-corrected chi connectivity index (χ0v) is 9.73. The van der Waals surface area contributed by atoms with Crippen molar-refractivity contribution in [2.45, 2.75) is 19.8 Å². The predicted molar refractivity (Wildman–Crippen MR) is 70.0 cm³/mol. The summed E-state index contributed by atoms with van der Waals surface area (Å²) in [7, 11) is 0. The molecule has 15 heavy (non-hydrogen) atoms. The summed E-state index contributed by atoms with van der Waals surface area (Å²) in [5.41, 5.74) is 7.33. The van der Waals surface area contributed by atoms with Gasteiger partial charge in [0.25, 0.3) is 0 Å². The SMILES string of the molecule is CCCCNC(=S)Nc1ccccc1N. The summed E-state index contributed by atoms with van der Waals surface area (Å²) in [6, 6.07) is 7.57. The monoisotopic (exact) mass is 223 g/mol. The summed E-state index contributed by atoms with van der Waals surface area (Å²) >= 11 is 5.13. The highest BCUT2D eigenvalue weighted by Gasteiger charge is 1.99. The van der Waals surface area contributed by atoms with Gasteiger partial charge in [0.1, 0.15) is 0 Å². The van der Waals surface area contributed by atoms with Crippen LogP contribution in [0.3, 0.4) is 0 Å². The Kier molecular flexibility index (Phi) is 4.90. The maximum Gasteiger partial charge on any atom is 0.170 e. The molecule has 4 N–H and O–H groups in total. The topological polar surface area (TPSA) is 50.1 Å². The van der Waals surface area contributed by atoms with Gasteiger partial charge in [-0.2, -0.15) is 0 Å². The Morgan fingerprint density at radius 2 is 2.13 bits per heavy atom. The van der Waals surface area contributed by atoms with Gasteiger partial charge in [-0.25, -0.2) is 0 Å². The van der Waals surface area contributed by atoms with E-state index in [1.165, 1.54) is 0 Å². The third kappa shape index (κ3) is 4.16. The maximum atomic E-state index is 5.77. The second kappa shape index (κ2) is 6.24. The average Bonchev–Trinajstić information content (AvgIpc) is 2.22. The van der Waals surface area contributed by atoms with Crippen LogP contribution in [0.5, 0.6) is 0 Å². The number of nitrogen functional groups attached to an aromatic ring is 1. The van der Waals surface area contributed by atoms with Crippen LogP contribution < -0.4 is 16.4 Å². The van der Waals surface area contributed by atoms with Gasteiger partial charge in [0, 0.05) is 6.54 Å². The van der Waals surface area contributed by atoms with E-state index in [9.17, 15) is 0 Å². The molecule has 0 aromatic heterocycles. The van der Waals surface area contributed by atoms with Gasteiger partial charge >= 0.3 is 0 Å². The van der Waals surface area contributed by atoms with E-state index < -0.39 is 0 Å². The predicted octanol–water partition coefficient (Wildman–Crippen LogP) is 2.36. The van der Waals surface area contributed by atoms with Gasteiger partial charge in [0.2, 0.25) is 0 Å². The van der Waals surface area contributed by atoms with Crippen molar-refractivity contribution in [3.8, 4) is 0 Å². The molecule has 0 fully saturated rings. The Hall–Kier alpha value is -1.29. The number of anilines is 2. The van der Waals surface area contributed by atoms with Crippen molar-refractivity contribution in [3.05, 3.63) is 24.3 Å². The van der Waals surface area contributed by atoms with Crippen molar-refractivity contribution in [1.82, 2.24) is 5.32 Å². The smallest absolute Gasteiger partial charge is 0.170 e. The molecule has 4 heteroatoms. The van der Waals surface area contributed by atoms with E-state index in [2.05, 4.69) is 17.6 Å². The molecule has 0 aliphatic carbocycles. The van der Waals surface area contributed by atoms with Gasteiger partial charge in [0.15, 0.2) is 5.11 Å². The maximum absolute atomic E-state index is 5.77. The minimum Gasteiger partial charge on any atom is -0.397 e. The first-order valence-corrected chi connectivity index (χ1v) is 5.54. The lowest BCUT2D eigenvalue weighted by Crippen LogP contribution is -2.29. The van der Waals surface area contributed by atoms with Gasteiger partial charge < -0.3 is 16.4 Å². The molecule has 0 aliphatic rings. The lowest BCUT2D eigenvalue weighted by atomic mass is 10.3. The quantitative estimate of drug-likeness (QED) is 0.417. The third-order valence-corrected chi connectivity index (χ3v) is 2.27. The number of benzene rings is 1. The molecule has 0 heterocycles. The molecule has 1 rings (SSSR count). The largest absolute Gasteiger partial charge is 0.397 e. The third-order valence-electron chi connectivity index (χ3n) is 2.02. The first-order valence-electron chi connectivity index (χ1n) is 5.13. The molecule has 0 saturated carbocycles. The van der Waals surface area contributed by atoms with Gasteiger partial charge in [0.05, 0.1) is 11.4 Å². The molecular formula is C11H17N3S. The lowest BCUT2D eigenvalue weighted by molar-refractivity contribution is 0.758. The van der Waals surface area contributed by atoms with E-state index >= 15 is 0 Å². The molecular weight excluding hydrogens is 206 g/mol. The van der Waals surface area contributed by atoms with Crippen LogP contribution in [0.25, 0.3) is 0 Å². The highest BCUT2D eigenvalue weighted by Crippen LogP contribution is 2.16. The number of thiocarbonyl (C=S) groups is 1. The summed E-state index contributed by atoms with van der Waals surface area (Å²) in [4.78, 5) is 0. The van der Waals surface area contributed by atoms with Crippen molar-refractivity contribution in [2.24, 2.45) is 0 Å². The highest BCUT2D eigenvalue weighted by atomic mass is 32.1. The van der Waals surface area contributed by atoms with Gasteiger partial charge in [-0.1, -0.05) is 25.5 Å². The number of hydrogen-bond donors (Lipinski definition) is 3. The number of nitrogens with one attached hydrogen (secondary N) is 2. The van der Waals surface area contributed by atoms with Crippen LogP contribution in [0.4, 0.5) is 11.4 Å². The molecule has 82 valence electrons. The summed E-state index contributed by atoms with van der Waals surface area (Å²) < 4.78 is 0. The van der Waals surface area contributed by atoms with Crippen LogP contribution in [0, 0.1) is 0 Å². The van der Waals surface area contributed by atoms with Crippen LogP contribution in [-0.4, -0.2) is 11.7 Å². The van der Waals surface area contributed by atoms with Gasteiger partial charge in [-0.05, 0) is 30.8 Å². The van der Waals surface area contributed by atoms with Crippen LogP contribution in [0.1, 0.15) is 19.8 Å². The number of para-hydroxylation sites is 2. The number of unbranched alkanes of at least 4 members (excludes halogenated alkanes) is 1. The molecule has 0 bridgehead atoms. The molecule has 0 aliphatic heterocycles. The molecule has 0 atom stereocenters. The summed E-state index contributed by atoms with van der Waals surface area (Å²) in [5.74, 6) is 0. The van der Waals surface area contributed by atoms with E-state index in [0.717, 1.165) is 25.1 Å². The van der Waals surface area contributed by atoms with Crippen LogP contribution in [0.15, 0.2) is 24.3 Å². The standard InChI is InChI=1S/C11H17N3S/c1-2-3-8-13-11(15)14-10-7-5-4-6-9(10)12/h4-7H,2-3,8,12H2,1H3,(H2,13,14,15). The normalized spacial score (nSPS) is 9.67. The van der Waals surface area contributed by atoms with Crippen LogP contribution >= 0.6 is 12.2 Å². The van der Waals surface area contributed by atoms with E-state index in [4.69, 9.17) is 18.0 Å². The van der Waals surface area contributed by atoms with E-state index in [1.54, 1.807) is 0 Å². The molecule has 0 amide bonds. The molecule has 0 spiro atoms. The molecule has 1 aromatic carbocycles. The van der Waals surface area contributed by atoms with Crippen molar-refractivity contribution < 1.29 is 0 Å². The van der Waals surface area contributed by atoms with E-state index in [1.807, 2.05) is 24.3 Å². The minimum absolute atomic E-state index is 0.626. The zero-order chi connectivity index (χ0) is 11.1. The molecule has 0 radical (unpaired) electrons. The van der Waals surface area contributed by atoms with E-state index in [0.29, 0.717) is 10.8 Å². The fourth-order valence-corrected chi connectivity index (χ4v) is 1.37. The van der Waals surface area contributed by atoms with Crippen LogP contribution in [-0.2, 0) is 0 Å². The Bertz CT molecular complexity index is 325. The first kappa shape index (κ1) is 11.8. The second-order valence-electron chi connectivity index (χ2n) is 3.32. The molecule has 1 aromatic rings.